The minimum Gasteiger partial charge on any atom is -0.457 e. The fourth-order valence-corrected chi connectivity index (χ4v) is 6.03. The normalized spacial score (nSPS) is 21.7. The quantitative estimate of drug-likeness (QED) is 0.0291. The predicted molar refractivity (Wildman–Crippen MR) is 210 cm³/mol. The highest BCUT2D eigenvalue weighted by Gasteiger charge is 2.44. The fourth-order valence-electron chi connectivity index (χ4n) is 6.03. The molecule has 0 amide bonds. The minimum atomic E-state index is -1.55. The van der Waals surface area contributed by atoms with Crippen LogP contribution in [0.3, 0.4) is 0 Å². The van der Waals surface area contributed by atoms with E-state index >= 15 is 0 Å². The zero-order chi connectivity index (χ0) is 37.9. The molecule has 4 N–H and O–H groups in total. The molecule has 0 bridgehead atoms. The van der Waals surface area contributed by atoms with Gasteiger partial charge in [0.05, 0.1) is 19.8 Å². The highest BCUT2D eigenvalue weighted by Crippen LogP contribution is 2.22. The summed E-state index contributed by atoms with van der Waals surface area (Å²) in [4.78, 5) is 12.7. The monoisotopic (exact) mass is 737 g/mol. The summed E-state index contributed by atoms with van der Waals surface area (Å²) in [5.74, 6) is -0.393. The Kier molecular flexibility index (Phi) is 32.3. The van der Waals surface area contributed by atoms with Crippen LogP contribution < -0.4 is 0 Å². The smallest absolute Gasteiger partial charge is 0.306 e. The maximum absolute atomic E-state index is 12.7. The lowest BCUT2D eigenvalue weighted by molar-refractivity contribution is -0.305. The first-order valence-electron chi connectivity index (χ1n) is 20.7. The van der Waals surface area contributed by atoms with Crippen molar-refractivity contribution >= 4 is 5.97 Å². The number of hydrogen-bond acceptors (Lipinski definition) is 9. The van der Waals surface area contributed by atoms with E-state index in [-0.39, 0.29) is 19.6 Å². The van der Waals surface area contributed by atoms with Crippen LogP contribution in [0.15, 0.2) is 48.6 Å². The van der Waals surface area contributed by atoms with Crippen molar-refractivity contribution in [1.29, 1.82) is 0 Å². The van der Waals surface area contributed by atoms with Gasteiger partial charge in [0.25, 0.3) is 0 Å². The van der Waals surface area contributed by atoms with E-state index < -0.39 is 49.4 Å². The molecule has 0 aromatic rings. The van der Waals surface area contributed by atoms with Gasteiger partial charge in [0.1, 0.15) is 30.5 Å². The molecule has 52 heavy (non-hydrogen) atoms. The first-order chi connectivity index (χ1) is 25.4. The predicted octanol–water partition coefficient (Wildman–Crippen LogP) is 8.58. The van der Waals surface area contributed by atoms with E-state index in [0.717, 1.165) is 38.5 Å². The fraction of sp³-hybridized carbons (Fsp3) is 0.791. The first kappa shape index (κ1) is 48.2. The SMILES string of the molecule is CC/C=C\C/C=C\C/C=C\C/C=C\CCC(=O)OC(COCCCCCCCCCCCCCCCCCC)COC1OC(CO)C(O)C(O)C1O. The van der Waals surface area contributed by atoms with Crippen molar-refractivity contribution in [3.05, 3.63) is 48.6 Å². The lowest BCUT2D eigenvalue weighted by Crippen LogP contribution is -2.59. The Morgan fingerprint density at radius 2 is 1.13 bits per heavy atom. The highest BCUT2D eigenvalue weighted by atomic mass is 16.7. The van der Waals surface area contributed by atoms with Gasteiger partial charge in [-0.25, -0.2) is 0 Å². The number of unbranched alkanes of at least 4 members (excludes halogenated alkanes) is 15. The van der Waals surface area contributed by atoms with E-state index in [1.54, 1.807) is 0 Å². The lowest BCUT2D eigenvalue weighted by atomic mass is 9.99. The van der Waals surface area contributed by atoms with Gasteiger partial charge in [0, 0.05) is 13.0 Å². The van der Waals surface area contributed by atoms with Crippen molar-refractivity contribution in [2.75, 3.05) is 26.4 Å². The number of allylic oxidation sites excluding steroid dienone is 8. The molecule has 1 rings (SSSR count). The van der Waals surface area contributed by atoms with E-state index in [0.29, 0.717) is 13.0 Å². The molecule has 0 spiro atoms. The topological polar surface area (TPSA) is 135 Å². The molecule has 6 atom stereocenters. The van der Waals surface area contributed by atoms with E-state index in [2.05, 4.69) is 50.3 Å². The van der Waals surface area contributed by atoms with Crippen LogP contribution in [0.4, 0.5) is 0 Å². The largest absolute Gasteiger partial charge is 0.457 e. The third kappa shape index (κ3) is 26.0. The zero-order valence-corrected chi connectivity index (χ0v) is 32.8. The Bertz CT molecular complexity index is 932. The van der Waals surface area contributed by atoms with Crippen molar-refractivity contribution in [3.8, 4) is 0 Å². The number of carbonyl (C=O) groups excluding carboxylic acids is 1. The number of aliphatic hydroxyl groups excluding tert-OH is 4. The number of aliphatic hydroxyl groups is 4. The lowest BCUT2D eigenvalue weighted by Gasteiger charge is -2.39. The Morgan fingerprint density at radius 3 is 1.65 bits per heavy atom. The molecule has 1 saturated heterocycles. The van der Waals surface area contributed by atoms with Crippen LogP contribution in [0.1, 0.15) is 155 Å². The summed E-state index contributed by atoms with van der Waals surface area (Å²) >= 11 is 0. The Morgan fingerprint density at radius 1 is 0.635 bits per heavy atom. The van der Waals surface area contributed by atoms with Crippen LogP contribution in [0.2, 0.25) is 0 Å². The third-order valence-corrected chi connectivity index (χ3v) is 9.27. The number of ether oxygens (including phenoxy) is 4. The standard InChI is InChI=1S/C43H76O9/c1-3-5-7-9-11-13-15-17-18-19-21-23-25-27-29-31-33-49-35-37(36-50-43-42(48)41(47)40(46)38(34-44)52-43)51-39(45)32-30-28-26-24-22-20-16-14-12-10-8-6-4-2/h6,8,12,14,20,22,26,28,37-38,40-44,46-48H,3-5,7,9-11,13,15-19,21,23-25,27,29-36H2,1-2H3/b8-6-,14-12-,22-20-,28-26-. The summed E-state index contributed by atoms with van der Waals surface area (Å²) in [6.07, 6.45) is 34.4. The number of hydrogen-bond donors (Lipinski definition) is 4. The van der Waals surface area contributed by atoms with Crippen LogP contribution in [-0.4, -0.2) is 89.6 Å². The van der Waals surface area contributed by atoms with Gasteiger partial charge in [-0.15, -0.1) is 0 Å². The number of esters is 1. The van der Waals surface area contributed by atoms with Gasteiger partial charge in [-0.2, -0.15) is 0 Å². The van der Waals surface area contributed by atoms with Crippen molar-refractivity contribution in [1.82, 2.24) is 0 Å². The molecule has 6 unspecified atom stereocenters. The van der Waals surface area contributed by atoms with Gasteiger partial charge in [-0.3, -0.25) is 4.79 Å². The summed E-state index contributed by atoms with van der Waals surface area (Å²) in [5, 5.41) is 40.0. The summed E-state index contributed by atoms with van der Waals surface area (Å²) < 4.78 is 22.7. The second-order valence-electron chi connectivity index (χ2n) is 14.1. The molecule has 0 saturated carbocycles. The van der Waals surface area contributed by atoms with Crippen LogP contribution in [0.5, 0.6) is 0 Å². The van der Waals surface area contributed by atoms with Gasteiger partial charge in [-0.1, -0.05) is 159 Å². The van der Waals surface area contributed by atoms with E-state index in [9.17, 15) is 25.2 Å². The highest BCUT2D eigenvalue weighted by molar-refractivity contribution is 5.69. The van der Waals surface area contributed by atoms with Gasteiger partial charge >= 0.3 is 5.97 Å². The minimum absolute atomic E-state index is 0.117. The molecule has 9 nitrogen and oxygen atoms in total. The van der Waals surface area contributed by atoms with Gasteiger partial charge in [0.2, 0.25) is 0 Å². The average molecular weight is 737 g/mol. The van der Waals surface area contributed by atoms with Crippen molar-refractivity contribution in [3.63, 3.8) is 0 Å². The molecule has 1 fully saturated rings. The molecular weight excluding hydrogens is 660 g/mol. The summed E-state index contributed by atoms with van der Waals surface area (Å²) in [6.45, 7) is 4.35. The first-order valence-corrected chi connectivity index (χ1v) is 20.7. The molecule has 302 valence electrons. The second kappa shape index (κ2) is 34.9. The Labute approximate surface area is 316 Å². The third-order valence-electron chi connectivity index (χ3n) is 9.27. The Hall–Kier alpha value is -1.85. The summed E-state index contributed by atoms with van der Waals surface area (Å²) in [5.41, 5.74) is 0. The van der Waals surface area contributed by atoms with Crippen molar-refractivity contribution in [2.24, 2.45) is 0 Å². The number of carbonyl (C=O) groups is 1. The summed E-state index contributed by atoms with van der Waals surface area (Å²) in [7, 11) is 0. The molecule has 0 aromatic carbocycles. The zero-order valence-electron chi connectivity index (χ0n) is 32.8. The van der Waals surface area contributed by atoms with Crippen LogP contribution in [0.25, 0.3) is 0 Å². The van der Waals surface area contributed by atoms with Crippen LogP contribution in [-0.2, 0) is 23.7 Å². The molecule has 0 aliphatic carbocycles. The average Bonchev–Trinajstić information content (AvgIpc) is 3.14. The molecule has 0 aromatic heterocycles. The van der Waals surface area contributed by atoms with Gasteiger partial charge < -0.3 is 39.4 Å². The maximum atomic E-state index is 12.7. The number of rotatable bonds is 34. The molecule has 9 heteroatoms. The van der Waals surface area contributed by atoms with Gasteiger partial charge in [0.15, 0.2) is 6.29 Å². The van der Waals surface area contributed by atoms with Crippen LogP contribution in [0, 0.1) is 0 Å². The molecular formula is C43H76O9. The van der Waals surface area contributed by atoms with E-state index in [1.165, 1.54) is 89.9 Å². The molecule has 1 heterocycles. The molecule has 0 radical (unpaired) electrons. The van der Waals surface area contributed by atoms with Crippen molar-refractivity contribution < 1.29 is 44.2 Å². The maximum Gasteiger partial charge on any atom is 0.306 e. The second-order valence-corrected chi connectivity index (χ2v) is 14.1. The van der Waals surface area contributed by atoms with Gasteiger partial charge in [-0.05, 0) is 38.5 Å². The molecule has 1 aliphatic rings. The van der Waals surface area contributed by atoms with Crippen molar-refractivity contribution in [2.45, 2.75) is 192 Å². The van der Waals surface area contributed by atoms with Crippen LogP contribution >= 0.6 is 0 Å². The van der Waals surface area contributed by atoms with E-state index in [1.807, 2.05) is 12.2 Å². The van der Waals surface area contributed by atoms with E-state index in [4.69, 9.17) is 18.9 Å². The molecule has 1 aliphatic heterocycles. The summed E-state index contributed by atoms with van der Waals surface area (Å²) in [6, 6.07) is 0. The Balaban J connectivity index is 2.33.